The van der Waals surface area contributed by atoms with Crippen LogP contribution in [0.1, 0.15) is 0 Å². The number of urea groups is 1. The molecule has 0 atom stereocenters. The average molecular weight is 383 g/mol. The smallest absolute Gasteiger partial charge is 0.308 e. The monoisotopic (exact) mass is 383 g/mol. The van der Waals surface area contributed by atoms with Gasteiger partial charge in [-0.15, -0.1) is 0 Å². The van der Waals surface area contributed by atoms with Crippen LogP contribution in [0.3, 0.4) is 0 Å². The third-order valence-electron chi connectivity index (χ3n) is 3.52. The van der Waals surface area contributed by atoms with Crippen molar-refractivity contribution in [1.29, 1.82) is 0 Å². The van der Waals surface area contributed by atoms with Crippen LogP contribution in [0.25, 0.3) is 0 Å². The summed E-state index contributed by atoms with van der Waals surface area (Å²) in [6.07, 6.45) is 0. The number of hydrogen-bond donors (Lipinski definition) is 2. The first-order valence-electron chi connectivity index (χ1n) is 7.86. The minimum absolute atomic E-state index is 0.0414. The van der Waals surface area contributed by atoms with Crippen molar-refractivity contribution in [3.63, 3.8) is 0 Å². The quantitative estimate of drug-likeness (QED) is 0.448. The lowest BCUT2D eigenvalue weighted by atomic mass is 10.3. The van der Waals surface area contributed by atoms with Crippen molar-refractivity contribution in [2.45, 2.75) is 9.79 Å². The zero-order valence-corrected chi connectivity index (χ0v) is 14.7. The number of nitro benzene ring substituents is 1. The topological polar surface area (TPSA) is 84.3 Å². The minimum atomic E-state index is -0.545. The summed E-state index contributed by atoms with van der Waals surface area (Å²) >= 11 is 1.44. The van der Waals surface area contributed by atoms with Crippen LogP contribution < -0.4 is 10.6 Å². The van der Waals surface area contributed by atoms with Gasteiger partial charge in [0.2, 0.25) is 0 Å². The van der Waals surface area contributed by atoms with E-state index in [9.17, 15) is 19.3 Å². The summed E-state index contributed by atoms with van der Waals surface area (Å²) in [6.45, 7) is 0. The third kappa shape index (κ3) is 5.05. The molecule has 0 heterocycles. The van der Waals surface area contributed by atoms with Crippen molar-refractivity contribution in [3.05, 3.63) is 88.7 Å². The van der Waals surface area contributed by atoms with E-state index in [0.29, 0.717) is 5.69 Å². The number of rotatable bonds is 5. The molecule has 2 N–H and O–H groups in total. The Morgan fingerprint density at radius 1 is 0.889 bits per heavy atom. The maximum atomic E-state index is 13.5. The number of non-ortho nitro benzene ring substituents is 1. The van der Waals surface area contributed by atoms with Gasteiger partial charge in [0, 0.05) is 27.6 Å². The van der Waals surface area contributed by atoms with E-state index in [1.807, 2.05) is 12.1 Å². The molecular formula is C19H14FN3O3S. The van der Waals surface area contributed by atoms with Crippen LogP contribution in [0.4, 0.5) is 26.2 Å². The molecule has 3 rings (SSSR count). The van der Waals surface area contributed by atoms with Gasteiger partial charge in [0.1, 0.15) is 5.82 Å². The second-order valence-electron chi connectivity index (χ2n) is 5.44. The van der Waals surface area contributed by atoms with E-state index in [0.717, 1.165) is 9.79 Å². The van der Waals surface area contributed by atoms with Gasteiger partial charge in [-0.3, -0.25) is 10.1 Å². The summed E-state index contributed by atoms with van der Waals surface area (Å²) in [5, 5.41) is 15.7. The standard InChI is InChI=1S/C19H14FN3O3S/c20-17-3-1-2-4-18(17)22-19(24)21-13-5-9-15(10-6-13)27-16-11-7-14(8-12-16)23(25)26/h1-12H,(H2,21,22,24). The summed E-state index contributed by atoms with van der Waals surface area (Å²) in [7, 11) is 0. The molecule has 8 heteroatoms. The number of benzene rings is 3. The van der Waals surface area contributed by atoms with Crippen molar-refractivity contribution in [1.82, 2.24) is 0 Å². The largest absolute Gasteiger partial charge is 0.323 e. The second kappa shape index (κ2) is 8.33. The Morgan fingerprint density at radius 2 is 1.48 bits per heavy atom. The van der Waals surface area contributed by atoms with Crippen LogP contribution in [0.2, 0.25) is 0 Å². The molecule has 3 aromatic rings. The van der Waals surface area contributed by atoms with Crippen molar-refractivity contribution in [2.75, 3.05) is 10.6 Å². The molecule has 27 heavy (non-hydrogen) atoms. The molecule has 6 nitrogen and oxygen atoms in total. The zero-order chi connectivity index (χ0) is 19.2. The van der Waals surface area contributed by atoms with Gasteiger partial charge in [-0.2, -0.15) is 0 Å². The highest BCUT2D eigenvalue weighted by Gasteiger charge is 2.07. The van der Waals surface area contributed by atoms with Gasteiger partial charge in [0.05, 0.1) is 10.6 Å². The van der Waals surface area contributed by atoms with Gasteiger partial charge >= 0.3 is 6.03 Å². The summed E-state index contributed by atoms with van der Waals surface area (Å²) < 4.78 is 13.5. The number of nitrogens with zero attached hydrogens (tertiary/aromatic N) is 1. The Morgan fingerprint density at radius 3 is 2.07 bits per heavy atom. The maximum Gasteiger partial charge on any atom is 0.323 e. The fourth-order valence-corrected chi connectivity index (χ4v) is 3.04. The first-order valence-corrected chi connectivity index (χ1v) is 8.68. The number of hydrogen-bond acceptors (Lipinski definition) is 4. The molecule has 0 bridgehead atoms. The van der Waals surface area contributed by atoms with Crippen LogP contribution in [0.15, 0.2) is 82.6 Å². The predicted octanol–water partition coefficient (Wildman–Crippen LogP) is 5.53. The van der Waals surface area contributed by atoms with Gasteiger partial charge in [-0.25, -0.2) is 9.18 Å². The number of nitro groups is 1. The Hall–Kier alpha value is -3.39. The third-order valence-corrected chi connectivity index (χ3v) is 4.53. The number of para-hydroxylation sites is 1. The number of nitrogens with one attached hydrogen (secondary N) is 2. The molecule has 0 spiro atoms. The number of carbonyl (C=O) groups is 1. The van der Waals surface area contributed by atoms with Gasteiger partial charge in [-0.1, -0.05) is 23.9 Å². The van der Waals surface area contributed by atoms with Crippen LogP contribution in [-0.2, 0) is 0 Å². The van der Waals surface area contributed by atoms with Crippen molar-refractivity contribution in [3.8, 4) is 0 Å². The molecule has 136 valence electrons. The number of carbonyl (C=O) groups excluding carboxylic acids is 1. The number of anilines is 2. The Labute approximate surface area is 158 Å². The molecule has 0 unspecified atom stereocenters. The Kier molecular flexibility index (Phi) is 5.68. The van der Waals surface area contributed by atoms with Crippen LogP contribution in [0.5, 0.6) is 0 Å². The van der Waals surface area contributed by atoms with Crippen molar-refractivity contribution < 1.29 is 14.1 Å². The molecule has 2 amide bonds. The zero-order valence-electron chi connectivity index (χ0n) is 13.9. The lowest BCUT2D eigenvalue weighted by Gasteiger charge is -2.09. The van der Waals surface area contributed by atoms with Crippen molar-refractivity contribution in [2.24, 2.45) is 0 Å². The van der Waals surface area contributed by atoms with Crippen LogP contribution >= 0.6 is 11.8 Å². The van der Waals surface area contributed by atoms with E-state index in [1.165, 1.54) is 36.0 Å². The Bertz CT molecular complexity index is 963. The number of amides is 2. The maximum absolute atomic E-state index is 13.5. The normalized spacial score (nSPS) is 10.3. The predicted molar refractivity (Wildman–Crippen MR) is 103 cm³/mol. The van der Waals surface area contributed by atoms with E-state index < -0.39 is 16.8 Å². The molecule has 0 aromatic heterocycles. The Balaban J connectivity index is 1.59. The molecule has 0 fully saturated rings. The summed E-state index contributed by atoms with van der Waals surface area (Å²) in [5.41, 5.74) is 0.692. The van der Waals surface area contributed by atoms with Gasteiger partial charge in [0.25, 0.3) is 5.69 Å². The van der Waals surface area contributed by atoms with Crippen LogP contribution in [0, 0.1) is 15.9 Å². The van der Waals surface area contributed by atoms with Crippen molar-refractivity contribution >= 4 is 34.9 Å². The fourth-order valence-electron chi connectivity index (χ4n) is 2.23. The SMILES string of the molecule is O=C(Nc1ccc(Sc2ccc([N+](=O)[O-])cc2)cc1)Nc1ccccc1F. The van der Waals surface area contributed by atoms with E-state index in [1.54, 1.807) is 36.4 Å². The second-order valence-corrected chi connectivity index (χ2v) is 6.58. The summed E-state index contributed by atoms with van der Waals surface area (Å²) in [5.74, 6) is -0.512. The molecule has 0 aliphatic heterocycles. The summed E-state index contributed by atoms with van der Waals surface area (Å²) in [6, 6.07) is 18.7. The molecule has 3 aromatic carbocycles. The lowest BCUT2D eigenvalue weighted by molar-refractivity contribution is -0.384. The van der Waals surface area contributed by atoms with E-state index in [-0.39, 0.29) is 11.4 Å². The highest BCUT2D eigenvalue weighted by atomic mass is 32.2. The van der Waals surface area contributed by atoms with Crippen LogP contribution in [-0.4, -0.2) is 11.0 Å². The minimum Gasteiger partial charge on any atom is -0.308 e. The molecule has 0 radical (unpaired) electrons. The molecule has 0 aliphatic carbocycles. The average Bonchev–Trinajstić information content (AvgIpc) is 2.66. The fraction of sp³-hybridized carbons (Fsp3) is 0. The number of halogens is 1. The molecule has 0 aliphatic rings. The highest BCUT2D eigenvalue weighted by Crippen LogP contribution is 2.29. The highest BCUT2D eigenvalue weighted by molar-refractivity contribution is 7.99. The molecule has 0 saturated carbocycles. The summed E-state index contributed by atoms with van der Waals surface area (Å²) in [4.78, 5) is 23.9. The molecular weight excluding hydrogens is 369 g/mol. The molecule has 0 saturated heterocycles. The van der Waals surface area contributed by atoms with E-state index in [2.05, 4.69) is 10.6 Å². The van der Waals surface area contributed by atoms with Gasteiger partial charge in [-0.05, 0) is 48.5 Å². The van der Waals surface area contributed by atoms with Gasteiger partial charge in [0.15, 0.2) is 0 Å². The van der Waals surface area contributed by atoms with Gasteiger partial charge < -0.3 is 10.6 Å². The van der Waals surface area contributed by atoms with E-state index >= 15 is 0 Å². The lowest BCUT2D eigenvalue weighted by Crippen LogP contribution is -2.19. The first kappa shape index (κ1) is 18.4. The first-order chi connectivity index (χ1) is 13.0. The van der Waals surface area contributed by atoms with E-state index in [4.69, 9.17) is 0 Å².